The van der Waals surface area contributed by atoms with Crippen molar-refractivity contribution in [1.29, 1.82) is 0 Å². The number of aliphatic carboxylic acids is 1. The van der Waals surface area contributed by atoms with Crippen LogP contribution in [0.15, 0.2) is 48.6 Å². The molecule has 0 aliphatic rings. The van der Waals surface area contributed by atoms with Crippen molar-refractivity contribution in [2.45, 2.75) is 96.6 Å². The lowest BCUT2D eigenvalue weighted by Gasteiger charge is -2.31. The van der Waals surface area contributed by atoms with Gasteiger partial charge in [-0.1, -0.05) is 75.3 Å². The number of unbranched alkanes of at least 4 members (excludes halogenated alkanes) is 2. The predicted molar refractivity (Wildman–Crippen MR) is 160 cm³/mol. The first-order valence-electron chi connectivity index (χ1n) is 14.7. The molecule has 0 saturated heterocycles. The summed E-state index contributed by atoms with van der Waals surface area (Å²) in [4.78, 5) is 36.0. The molecule has 2 atom stereocenters. The lowest BCUT2D eigenvalue weighted by molar-refractivity contribution is -0.887. The fraction of sp³-hybridized carbons (Fsp3) is 0.656. The van der Waals surface area contributed by atoms with Crippen molar-refractivity contribution in [2.24, 2.45) is 0 Å². The number of allylic oxidation sites excluding steroid dienone is 8. The minimum absolute atomic E-state index is 0.0292. The Kier molecular flexibility index (Phi) is 22.5. The van der Waals surface area contributed by atoms with Crippen molar-refractivity contribution in [3.63, 3.8) is 0 Å². The summed E-state index contributed by atoms with van der Waals surface area (Å²) in [5.41, 5.74) is 0. The molecular weight excluding hydrogens is 510 g/mol. The van der Waals surface area contributed by atoms with Crippen molar-refractivity contribution in [3.05, 3.63) is 48.6 Å². The van der Waals surface area contributed by atoms with E-state index in [0.29, 0.717) is 19.3 Å². The first-order valence-corrected chi connectivity index (χ1v) is 14.7. The van der Waals surface area contributed by atoms with Gasteiger partial charge in [-0.3, -0.25) is 9.59 Å². The molecule has 0 bridgehead atoms. The fourth-order valence-electron chi connectivity index (χ4n) is 3.69. The van der Waals surface area contributed by atoms with E-state index in [1.54, 1.807) is 0 Å². The van der Waals surface area contributed by atoms with Crippen LogP contribution in [0.1, 0.15) is 84.5 Å². The average Bonchev–Trinajstić information content (AvgIpc) is 2.88. The first-order chi connectivity index (χ1) is 19.1. The second-order valence-corrected chi connectivity index (χ2v) is 10.6. The van der Waals surface area contributed by atoms with E-state index in [2.05, 4.69) is 50.3 Å². The molecule has 8 heteroatoms. The van der Waals surface area contributed by atoms with Gasteiger partial charge in [0.2, 0.25) is 0 Å². The summed E-state index contributed by atoms with van der Waals surface area (Å²) in [5, 5.41) is 9.48. The number of quaternary nitrogens is 1. The van der Waals surface area contributed by atoms with Gasteiger partial charge in [-0.2, -0.15) is 0 Å². The van der Waals surface area contributed by atoms with E-state index < -0.39 is 24.1 Å². The van der Waals surface area contributed by atoms with E-state index >= 15 is 0 Å². The molecule has 0 rings (SSSR count). The summed E-state index contributed by atoms with van der Waals surface area (Å²) in [6.07, 6.45) is 23.9. The quantitative estimate of drug-likeness (QED) is 0.0647. The Bertz CT molecular complexity index is 809. The molecule has 0 fully saturated rings. The van der Waals surface area contributed by atoms with Crippen molar-refractivity contribution >= 4 is 17.9 Å². The molecule has 228 valence electrons. The Morgan fingerprint density at radius 1 is 0.775 bits per heavy atom. The lowest BCUT2D eigenvalue weighted by Crippen LogP contribution is -2.50. The molecule has 0 saturated carbocycles. The SMILES string of the molecule is CC/C=C\C/C=C\C/C=C\C/C=C\CCC(=O)OC(COCCC(C(=O)O)[N+](C)(C)C)COC(=O)CCCCC. The van der Waals surface area contributed by atoms with Gasteiger partial charge in [-0.05, 0) is 38.5 Å². The molecule has 40 heavy (non-hydrogen) atoms. The third-order valence-electron chi connectivity index (χ3n) is 6.01. The number of ether oxygens (including phenoxy) is 3. The summed E-state index contributed by atoms with van der Waals surface area (Å²) < 4.78 is 16.8. The highest BCUT2D eigenvalue weighted by Crippen LogP contribution is 2.10. The zero-order valence-corrected chi connectivity index (χ0v) is 25.5. The van der Waals surface area contributed by atoms with Gasteiger partial charge >= 0.3 is 17.9 Å². The molecule has 0 amide bonds. The maximum atomic E-state index is 12.4. The van der Waals surface area contributed by atoms with Gasteiger partial charge in [0.05, 0.1) is 34.4 Å². The van der Waals surface area contributed by atoms with Crippen LogP contribution in [0.3, 0.4) is 0 Å². The van der Waals surface area contributed by atoms with Crippen LogP contribution in [0.2, 0.25) is 0 Å². The van der Waals surface area contributed by atoms with Crippen molar-refractivity contribution in [3.8, 4) is 0 Å². The van der Waals surface area contributed by atoms with Crippen LogP contribution in [0.5, 0.6) is 0 Å². The zero-order valence-electron chi connectivity index (χ0n) is 25.5. The summed E-state index contributed by atoms with van der Waals surface area (Å²) in [6.45, 7) is 4.31. The molecule has 0 spiro atoms. The minimum atomic E-state index is -0.893. The minimum Gasteiger partial charge on any atom is -0.477 e. The molecule has 0 aliphatic heterocycles. The number of carbonyl (C=O) groups excluding carboxylic acids is 2. The van der Waals surface area contributed by atoms with E-state index in [0.717, 1.165) is 44.9 Å². The monoisotopic (exact) mass is 564 g/mol. The number of carboxylic acids is 1. The number of esters is 2. The van der Waals surface area contributed by atoms with Crippen LogP contribution in [-0.4, -0.2) is 80.6 Å². The summed E-state index contributed by atoms with van der Waals surface area (Å²) >= 11 is 0. The Labute approximate surface area is 242 Å². The third-order valence-corrected chi connectivity index (χ3v) is 6.01. The highest BCUT2D eigenvalue weighted by molar-refractivity contribution is 5.72. The van der Waals surface area contributed by atoms with Gasteiger partial charge in [0, 0.05) is 19.3 Å². The average molecular weight is 565 g/mol. The maximum absolute atomic E-state index is 12.4. The van der Waals surface area contributed by atoms with E-state index in [1.165, 1.54) is 0 Å². The van der Waals surface area contributed by atoms with E-state index in [-0.39, 0.29) is 36.7 Å². The Morgan fingerprint density at radius 2 is 1.38 bits per heavy atom. The van der Waals surface area contributed by atoms with Crippen LogP contribution in [0, 0.1) is 0 Å². The van der Waals surface area contributed by atoms with E-state index in [1.807, 2.05) is 33.3 Å². The maximum Gasteiger partial charge on any atom is 0.362 e. The molecule has 0 radical (unpaired) electrons. The van der Waals surface area contributed by atoms with E-state index in [9.17, 15) is 19.5 Å². The Balaban J connectivity index is 4.57. The number of hydrogen-bond acceptors (Lipinski definition) is 6. The molecule has 0 aliphatic carbocycles. The van der Waals surface area contributed by atoms with Crippen LogP contribution in [0.4, 0.5) is 0 Å². The number of rotatable bonds is 24. The standard InChI is InChI=1S/C32H53NO7/c1-6-8-10-11-12-13-14-15-16-17-18-19-21-23-31(35)40-28(27-39-30(34)22-20-9-7-2)26-38-25-24-29(32(36)37)33(3,4)5/h8,10,12-13,15-16,18-19,28-29H,6-7,9,11,14,17,20-27H2,1-5H3/p+1/b10-8-,13-12-,16-15-,19-18-. The van der Waals surface area contributed by atoms with E-state index in [4.69, 9.17) is 14.2 Å². The molecule has 0 aromatic heterocycles. The third kappa shape index (κ3) is 22.1. The molecule has 8 nitrogen and oxygen atoms in total. The predicted octanol–water partition coefficient (Wildman–Crippen LogP) is 6.17. The molecule has 0 heterocycles. The summed E-state index contributed by atoms with van der Waals surface area (Å²) in [6, 6.07) is -0.622. The van der Waals surface area contributed by atoms with Crippen LogP contribution < -0.4 is 0 Å². The number of hydrogen-bond donors (Lipinski definition) is 1. The largest absolute Gasteiger partial charge is 0.477 e. The number of likely N-dealkylation sites (N-methyl/N-ethyl adjacent to an activating group) is 1. The second kappa shape index (κ2) is 24.1. The van der Waals surface area contributed by atoms with Gasteiger partial charge < -0.3 is 23.8 Å². The van der Waals surface area contributed by atoms with Gasteiger partial charge in [0.15, 0.2) is 12.1 Å². The van der Waals surface area contributed by atoms with Crippen LogP contribution >= 0.6 is 0 Å². The molecule has 0 aromatic rings. The zero-order chi connectivity index (χ0) is 30.1. The van der Waals surface area contributed by atoms with Gasteiger partial charge in [-0.15, -0.1) is 0 Å². The van der Waals surface area contributed by atoms with Crippen molar-refractivity contribution in [2.75, 3.05) is 41.0 Å². The Hall–Kier alpha value is -2.71. The molecule has 0 aromatic carbocycles. The second-order valence-electron chi connectivity index (χ2n) is 10.6. The number of carbonyl (C=O) groups is 3. The number of nitrogens with zero attached hydrogens (tertiary/aromatic N) is 1. The Morgan fingerprint density at radius 3 is 1.93 bits per heavy atom. The van der Waals surface area contributed by atoms with Gasteiger partial charge in [0.1, 0.15) is 6.61 Å². The van der Waals surface area contributed by atoms with Crippen molar-refractivity contribution in [1.82, 2.24) is 0 Å². The smallest absolute Gasteiger partial charge is 0.362 e. The first kappa shape index (κ1) is 37.3. The molecule has 1 N–H and O–H groups in total. The fourth-order valence-corrected chi connectivity index (χ4v) is 3.69. The van der Waals surface area contributed by atoms with Gasteiger partial charge in [-0.25, -0.2) is 4.79 Å². The topological polar surface area (TPSA) is 99.1 Å². The van der Waals surface area contributed by atoms with Crippen molar-refractivity contribution < 1.29 is 38.2 Å². The highest BCUT2D eigenvalue weighted by atomic mass is 16.6. The van der Waals surface area contributed by atoms with Crippen LogP contribution in [-0.2, 0) is 28.6 Å². The summed E-state index contributed by atoms with van der Waals surface area (Å²) in [5.74, 6) is -1.62. The molecular formula is C32H54NO7+. The van der Waals surface area contributed by atoms with Crippen LogP contribution in [0.25, 0.3) is 0 Å². The summed E-state index contributed by atoms with van der Waals surface area (Å²) in [7, 11) is 5.45. The lowest BCUT2D eigenvalue weighted by atomic mass is 10.1. The molecule has 2 unspecified atom stereocenters. The highest BCUT2D eigenvalue weighted by Gasteiger charge is 2.31. The normalized spacial score (nSPS) is 13.9. The number of carboxylic acid groups (broad SMARTS) is 1. The van der Waals surface area contributed by atoms with Gasteiger partial charge in [0.25, 0.3) is 0 Å².